The van der Waals surface area contributed by atoms with Crippen LogP contribution in [-0.4, -0.2) is 178 Å². The van der Waals surface area contributed by atoms with Crippen molar-refractivity contribution >= 4 is 153 Å². The molecule has 2 rings (SSSR count). The van der Waals surface area contributed by atoms with Crippen LogP contribution in [0, 0.1) is 28.1 Å². The van der Waals surface area contributed by atoms with Crippen molar-refractivity contribution in [1.29, 1.82) is 0 Å². The van der Waals surface area contributed by atoms with Crippen molar-refractivity contribution in [3.63, 3.8) is 0 Å². The van der Waals surface area contributed by atoms with E-state index in [-0.39, 0.29) is 150 Å². The van der Waals surface area contributed by atoms with Gasteiger partial charge in [0.15, 0.2) is 0 Å². The van der Waals surface area contributed by atoms with E-state index in [1.165, 1.54) is 38.5 Å². The zero-order valence-corrected chi connectivity index (χ0v) is 67.1. The predicted octanol–water partition coefficient (Wildman–Crippen LogP) is 2.90. The van der Waals surface area contributed by atoms with E-state index in [2.05, 4.69) is 134 Å². The zero-order chi connectivity index (χ0) is 74.1. The topological polar surface area (TPSA) is 305 Å². The van der Waals surface area contributed by atoms with Crippen LogP contribution < -0.4 is 75.4 Å². The Balaban J connectivity index is -0.0000000421. The third kappa shape index (κ3) is 198. The molecule has 540 valence electrons. The predicted molar refractivity (Wildman–Crippen MR) is 380 cm³/mol. The molecule has 0 spiro atoms. The second-order valence-corrected chi connectivity index (χ2v) is 19.2. The Labute approximate surface area is 666 Å². The molecule has 6 N–H and O–H groups in total. The molecule has 33 heteroatoms. The van der Waals surface area contributed by atoms with Crippen LogP contribution in [0.15, 0.2) is 85.1 Å². The second-order valence-electron chi connectivity index (χ2n) is 15.6. The standard InChI is InChI=1S/C11H16O4.C7H12O3.2C6H9ClO2.2C4H5ClO.2C4H8O.2C4H9.C2H5ClO.2CH3BrO.CH2Cl2.2CH3O.4Li/c1-8(2)10(12)14-6-5-7-15-11(13)9(3)4;1-6(2)7(9)10-5-3-4-8;2*1-5(2)6(8)9-4-3-7;2*1-3(2)4(5)6;2*1-2-4-5-3-1;2*1-3-4-2;3-1-2-4;3*2-1-3;2*1-2;;;;/h1,3,5-7H2,2,4H3;8H,1,3-5H2,2H3;2*1,3-4H2,2H3;2*1H2,2H3;2*1-4H2;2*1,3-4H2,2H3;4H,1-2H2;2*3H,1H2;1H2;2*2H,1H2;;;;/q;;;;;;;;2*-1;;;;;2*-1;4*+1. The van der Waals surface area contributed by atoms with Crippen molar-refractivity contribution in [3.05, 3.63) is 113 Å². The molecule has 0 unspecified atom stereocenters. The molecule has 0 aliphatic carbocycles. The summed E-state index contributed by atoms with van der Waals surface area (Å²) in [7, 11) is 4.50. The van der Waals surface area contributed by atoms with Gasteiger partial charge in [-0.3, -0.25) is 9.59 Å². The molecule has 2 aliphatic rings. The van der Waals surface area contributed by atoms with Gasteiger partial charge in [0, 0.05) is 90.8 Å². The van der Waals surface area contributed by atoms with Gasteiger partial charge in [-0.2, -0.15) is 12.8 Å². The number of aliphatic hydroxyl groups excluding tert-OH is 6. The van der Waals surface area contributed by atoms with Crippen LogP contribution in [0.1, 0.15) is 127 Å². The van der Waals surface area contributed by atoms with Gasteiger partial charge >= 0.3 is 105 Å². The van der Waals surface area contributed by atoms with Gasteiger partial charge in [0.25, 0.3) is 0 Å². The van der Waals surface area contributed by atoms with Gasteiger partial charge in [-0.15, -0.1) is 58.0 Å². The molecule has 0 atom stereocenters. The number of hydrogen-bond acceptors (Lipinski definition) is 20. The maximum Gasteiger partial charge on any atom is 1.00 e. The maximum atomic E-state index is 10.9. The number of ether oxygens (including phenoxy) is 7. The monoisotopic (exact) mass is 1590 g/mol. The van der Waals surface area contributed by atoms with E-state index in [1.807, 2.05) is 0 Å². The number of hydrogen-bond donors (Lipinski definition) is 6. The molecular weight excluding hydrogens is 1490 g/mol. The molecule has 2 saturated heterocycles. The SMILES string of the molecule is C1CCOC1.C1CCOC1.C=C(C)C(=O)Cl.C=C(C)C(=O)Cl.C=C(C)C(=O)OCCCO.C=C(C)C(=O)OCCCOC(=O)C(=C)C.C=C(C)C(=O)OCCCl.C=C(C)C(=O)OCCCl.ClCCl.OCBr.OCBr.OCCCl.[CH2-]CCC.[CH2-]CCC.[CH2-]O.[CH2-]O.[Li+].[Li+].[Li+].[Li+]. The summed E-state index contributed by atoms with van der Waals surface area (Å²) in [6.07, 6.45) is 10.6. The molecule has 0 aromatic rings. The molecule has 0 saturated carbocycles. The summed E-state index contributed by atoms with van der Waals surface area (Å²) in [6, 6.07) is 0. The summed E-state index contributed by atoms with van der Waals surface area (Å²) < 4.78 is 33.3. The number of allylic oxidation sites excluding steroid dienone is 2. The van der Waals surface area contributed by atoms with Crippen molar-refractivity contribution in [2.75, 3.05) is 107 Å². The van der Waals surface area contributed by atoms with Crippen molar-refractivity contribution in [2.24, 2.45) is 0 Å². The average molecular weight is 1600 g/mol. The third-order valence-electron chi connectivity index (χ3n) is 6.77. The van der Waals surface area contributed by atoms with E-state index in [4.69, 9.17) is 131 Å². The first kappa shape index (κ1) is 141. The fourth-order valence-electron chi connectivity index (χ4n) is 2.52. The Morgan fingerprint density at radius 1 is 0.404 bits per heavy atom. The van der Waals surface area contributed by atoms with Crippen LogP contribution in [0.4, 0.5) is 0 Å². The van der Waals surface area contributed by atoms with Crippen LogP contribution in [0.5, 0.6) is 0 Å². The Bertz CT molecular complexity index is 1550. The average Bonchev–Trinajstić information content (AvgIpc) is 4.49. The first-order chi connectivity index (χ1) is 42.3. The summed E-state index contributed by atoms with van der Waals surface area (Å²) in [5.41, 5.74) is 2.80. The van der Waals surface area contributed by atoms with Gasteiger partial charge in [-0.05, 0) is 97.4 Å². The number of unbranched alkanes of at least 4 members (excludes halogenated alkanes) is 2. The van der Waals surface area contributed by atoms with E-state index >= 15 is 0 Å². The third-order valence-corrected chi connectivity index (χ3v) is 7.89. The molecule has 0 aromatic heterocycles. The number of rotatable bonds is 21. The molecule has 0 aromatic carbocycles. The number of esters is 5. The number of carbonyl (C=O) groups is 7. The Morgan fingerprint density at radius 3 is 0.660 bits per heavy atom. The Kier molecular flexibility index (Phi) is 204. The molecular formula is C61H109Br2Cl7Li4O20. The summed E-state index contributed by atoms with van der Waals surface area (Å²) in [6.45, 7) is 51.4. The molecule has 20 nitrogen and oxygen atoms in total. The molecule has 2 fully saturated rings. The van der Waals surface area contributed by atoms with Crippen molar-refractivity contribution < 1.29 is 173 Å². The van der Waals surface area contributed by atoms with Crippen LogP contribution in [0.25, 0.3) is 0 Å². The molecule has 94 heavy (non-hydrogen) atoms. The van der Waals surface area contributed by atoms with Gasteiger partial charge < -0.3 is 77.6 Å². The van der Waals surface area contributed by atoms with Crippen LogP contribution in [0.3, 0.4) is 0 Å². The van der Waals surface area contributed by atoms with Gasteiger partial charge in [0.2, 0.25) is 10.5 Å². The second kappa shape index (κ2) is 136. The Hall–Kier alpha value is -0.0704. The number of aliphatic hydroxyl groups is 6. The fraction of sp³-hybridized carbons (Fsp3) is 0.590. The number of alkyl halides is 7. The minimum absolute atomic E-state index is 0. The molecule has 0 amide bonds. The van der Waals surface area contributed by atoms with Crippen LogP contribution in [-0.2, 0) is 66.7 Å². The molecule has 2 heterocycles. The van der Waals surface area contributed by atoms with Crippen LogP contribution >= 0.6 is 113 Å². The van der Waals surface area contributed by atoms with E-state index in [0.29, 0.717) is 69.5 Å². The van der Waals surface area contributed by atoms with E-state index in [9.17, 15) is 33.6 Å². The van der Waals surface area contributed by atoms with E-state index < -0.39 is 28.4 Å². The minimum Gasteiger partial charge on any atom is -0.569 e. The molecule has 0 bridgehead atoms. The van der Waals surface area contributed by atoms with Crippen molar-refractivity contribution in [1.82, 2.24) is 0 Å². The fourth-order valence-corrected chi connectivity index (χ4v) is 2.67. The van der Waals surface area contributed by atoms with Gasteiger partial charge in [-0.25, -0.2) is 38.2 Å². The van der Waals surface area contributed by atoms with Gasteiger partial charge in [-0.1, -0.05) is 105 Å². The van der Waals surface area contributed by atoms with Gasteiger partial charge in [0.1, 0.15) is 13.2 Å². The Morgan fingerprint density at radius 2 is 0.564 bits per heavy atom. The van der Waals surface area contributed by atoms with Gasteiger partial charge in [0.05, 0.1) is 54.6 Å². The first-order valence-corrected chi connectivity index (χ1v) is 32.5. The van der Waals surface area contributed by atoms with Crippen molar-refractivity contribution in [3.8, 4) is 0 Å². The first-order valence-electron chi connectivity index (χ1n) is 26.8. The largest absolute Gasteiger partial charge is 1.00 e. The smallest absolute Gasteiger partial charge is 0.569 e. The maximum absolute atomic E-state index is 10.9. The van der Waals surface area contributed by atoms with E-state index in [1.54, 1.807) is 48.5 Å². The molecule has 2 aliphatic heterocycles. The summed E-state index contributed by atoms with van der Waals surface area (Å²) in [5, 5.41) is 43.8. The number of halogens is 9. The summed E-state index contributed by atoms with van der Waals surface area (Å²) >= 11 is 40.1. The van der Waals surface area contributed by atoms with Crippen molar-refractivity contribution in [2.45, 2.75) is 127 Å². The normalized spacial score (nSPS) is 9.28. The zero-order valence-electron chi connectivity index (χ0n) is 58.7. The van der Waals surface area contributed by atoms with E-state index in [0.717, 1.165) is 39.3 Å². The summed E-state index contributed by atoms with van der Waals surface area (Å²) in [4.78, 5) is 73.1. The minimum atomic E-state index is -0.463. The molecule has 0 radical (unpaired) electrons. The number of carbonyl (C=O) groups excluding carboxylic acids is 7. The summed E-state index contributed by atoms with van der Waals surface area (Å²) in [5.74, 6) is -1.000. The quantitative estimate of drug-likeness (QED) is 0.0141. The van der Waals surface area contributed by atoms with Crippen LogP contribution in [0.2, 0.25) is 0 Å².